The van der Waals surface area contributed by atoms with Crippen LogP contribution in [0.5, 0.6) is 5.75 Å². The molecule has 1 aromatic heterocycles. The van der Waals surface area contributed by atoms with Crippen LogP contribution < -0.4 is 15.1 Å². The zero-order valence-corrected chi connectivity index (χ0v) is 16.3. The molecular formula is C18H14F5N3O3S. The van der Waals surface area contributed by atoms with Gasteiger partial charge in [0.2, 0.25) is 5.91 Å². The Balaban J connectivity index is 1.72. The fourth-order valence-electron chi connectivity index (χ4n) is 2.67. The Labute approximate surface area is 170 Å². The predicted octanol–water partition coefficient (Wildman–Crippen LogP) is 4.74. The number of carbonyl (C=O) groups excluding carboxylic acids is 2. The van der Waals surface area contributed by atoms with Gasteiger partial charge >= 0.3 is 6.36 Å². The van der Waals surface area contributed by atoms with Crippen LogP contribution in [-0.4, -0.2) is 23.9 Å². The van der Waals surface area contributed by atoms with E-state index in [-0.39, 0.29) is 22.0 Å². The highest BCUT2D eigenvalue weighted by molar-refractivity contribution is 7.14. The van der Waals surface area contributed by atoms with Crippen molar-refractivity contribution in [2.75, 3.05) is 10.3 Å². The molecule has 0 radical (unpaired) electrons. The van der Waals surface area contributed by atoms with Crippen LogP contribution in [0.25, 0.3) is 0 Å². The molecule has 0 fully saturated rings. The van der Waals surface area contributed by atoms with Crippen molar-refractivity contribution in [3.8, 4) is 5.75 Å². The largest absolute Gasteiger partial charge is 0.573 e. The molecule has 0 saturated heterocycles. The number of hydrogen-bond donors (Lipinski definition) is 1. The first-order chi connectivity index (χ1) is 13.8. The van der Waals surface area contributed by atoms with E-state index < -0.39 is 35.8 Å². The molecule has 3 rings (SSSR count). The van der Waals surface area contributed by atoms with Gasteiger partial charge in [-0.15, -0.1) is 24.5 Å². The summed E-state index contributed by atoms with van der Waals surface area (Å²) in [5.41, 5.74) is 0.00709. The average molecular weight is 447 g/mol. The van der Waals surface area contributed by atoms with Crippen LogP contribution in [0.1, 0.15) is 19.4 Å². The average Bonchev–Trinajstić information content (AvgIpc) is 3.18. The van der Waals surface area contributed by atoms with E-state index in [9.17, 15) is 31.5 Å². The van der Waals surface area contributed by atoms with E-state index in [1.54, 1.807) is 0 Å². The summed E-state index contributed by atoms with van der Waals surface area (Å²) in [4.78, 5) is 25.2. The zero-order valence-electron chi connectivity index (χ0n) is 15.5. The molecule has 6 nitrogen and oxygen atoms in total. The summed E-state index contributed by atoms with van der Waals surface area (Å²) in [6, 6.07) is 5.50. The Bertz CT molecular complexity index is 996. The van der Waals surface area contributed by atoms with E-state index >= 15 is 0 Å². The molecule has 30 heavy (non-hydrogen) atoms. The monoisotopic (exact) mass is 447 g/mol. The molecule has 2 amide bonds. The van der Waals surface area contributed by atoms with Gasteiger partial charge < -0.3 is 10.1 Å². The minimum Gasteiger partial charge on any atom is -0.406 e. The van der Waals surface area contributed by atoms with Crippen LogP contribution in [0.4, 0.5) is 32.6 Å². The highest BCUT2D eigenvalue weighted by atomic mass is 32.1. The van der Waals surface area contributed by atoms with Gasteiger partial charge in [-0.1, -0.05) is 0 Å². The first-order valence-electron chi connectivity index (χ1n) is 8.38. The van der Waals surface area contributed by atoms with Gasteiger partial charge in [0.05, 0.1) is 16.4 Å². The minimum atomic E-state index is -4.85. The SMILES string of the molecule is CC1=NN(c2ccc(OC(F)(F)F)cc2)C(=O)C1C(=O)Nc1cc(C(C)(F)F)cs1. The molecule has 0 aliphatic carbocycles. The zero-order chi connectivity index (χ0) is 22.3. The molecule has 1 atom stereocenters. The highest BCUT2D eigenvalue weighted by Gasteiger charge is 2.40. The van der Waals surface area contributed by atoms with Gasteiger partial charge in [-0.05, 0) is 37.3 Å². The summed E-state index contributed by atoms with van der Waals surface area (Å²) < 4.78 is 67.2. The number of hydrogen-bond acceptors (Lipinski definition) is 5. The number of nitrogens with zero attached hydrogens (tertiary/aromatic N) is 2. The molecular weight excluding hydrogens is 433 g/mol. The normalized spacial score (nSPS) is 17.2. The summed E-state index contributed by atoms with van der Waals surface area (Å²) in [6.07, 6.45) is -4.85. The summed E-state index contributed by atoms with van der Waals surface area (Å²) >= 11 is 0.887. The van der Waals surface area contributed by atoms with E-state index in [1.807, 2.05) is 0 Å². The lowest BCUT2D eigenvalue weighted by molar-refractivity contribution is -0.274. The van der Waals surface area contributed by atoms with Gasteiger partial charge in [-0.2, -0.15) is 10.1 Å². The summed E-state index contributed by atoms with van der Waals surface area (Å²) in [5.74, 6) is -6.34. The summed E-state index contributed by atoms with van der Waals surface area (Å²) in [5, 5.41) is 8.64. The summed E-state index contributed by atoms with van der Waals surface area (Å²) in [6.45, 7) is 2.16. The fourth-order valence-corrected chi connectivity index (χ4v) is 3.55. The second-order valence-electron chi connectivity index (χ2n) is 6.44. The van der Waals surface area contributed by atoms with Crippen LogP contribution in [0.3, 0.4) is 0 Å². The fraction of sp³-hybridized carbons (Fsp3) is 0.278. The van der Waals surface area contributed by atoms with Crippen LogP contribution in [0.15, 0.2) is 40.8 Å². The number of alkyl halides is 5. The lowest BCUT2D eigenvalue weighted by Gasteiger charge is -2.15. The van der Waals surface area contributed by atoms with E-state index in [2.05, 4.69) is 15.2 Å². The number of rotatable bonds is 5. The molecule has 12 heteroatoms. The lowest BCUT2D eigenvalue weighted by atomic mass is 10.0. The Hall–Kier alpha value is -3.02. The molecule has 1 N–H and O–H groups in total. The van der Waals surface area contributed by atoms with E-state index in [0.717, 1.165) is 41.5 Å². The maximum atomic E-state index is 13.3. The third-order valence-electron chi connectivity index (χ3n) is 4.06. The standard InChI is InChI=1S/C18H14F5N3O3S/c1-9-14(15(27)24-13-7-10(8-30-13)17(2,19)20)16(28)26(25-9)11-3-5-12(6-4-11)29-18(21,22)23/h3-8,14H,1-2H3,(H,24,27). The van der Waals surface area contributed by atoms with Crippen molar-refractivity contribution < 1.29 is 36.3 Å². The number of thiophene rings is 1. The smallest absolute Gasteiger partial charge is 0.406 e. The van der Waals surface area contributed by atoms with Gasteiger partial charge in [0.1, 0.15) is 5.75 Å². The number of anilines is 2. The molecule has 1 unspecified atom stereocenters. The Kier molecular flexibility index (Phi) is 5.54. The van der Waals surface area contributed by atoms with Crippen LogP contribution >= 0.6 is 11.3 Å². The van der Waals surface area contributed by atoms with Crippen LogP contribution in [0.2, 0.25) is 0 Å². The highest BCUT2D eigenvalue weighted by Crippen LogP contribution is 2.34. The lowest BCUT2D eigenvalue weighted by Crippen LogP contribution is -2.36. The van der Waals surface area contributed by atoms with Crippen molar-refractivity contribution >= 4 is 39.6 Å². The molecule has 2 aromatic rings. The van der Waals surface area contributed by atoms with Crippen LogP contribution in [-0.2, 0) is 15.5 Å². The number of hydrazone groups is 1. The van der Waals surface area contributed by atoms with Crippen molar-refractivity contribution in [2.45, 2.75) is 26.1 Å². The second kappa shape index (κ2) is 7.67. The molecule has 2 heterocycles. The van der Waals surface area contributed by atoms with Crippen molar-refractivity contribution in [1.29, 1.82) is 0 Å². The quantitative estimate of drug-likeness (QED) is 0.532. The number of benzene rings is 1. The van der Waals surface area contributed by atoms with Gasteiger partial charge in [-0.3, -0.25) is 9.59 Å². The van der Waals surface area contributed by atoms with E-state index in [4.69, 9.17) is 0 Å². The van der Waals surface area contributed by atoms with Crippen molar-refractivity contribution in [3.05, 3.63) is 41.3 Å². The van der Waals surface area contributed by atoms with Crippen molar-refractivity contribution in [1.82, 2.24) is 0 Å². The Morgan fingerprint density at radius 1 is 1.20 bits per heavy atom. The summed E-state index contributed by atoms with van der Waals surface area (Å²) in [7, 11) is 0. The number of nitrogens with one attached hydrogen (secondary N) is 1. The molecule has 160 valence electrons. The van der Waals surface area contributed by atoms with Crippen molar-refractivity contribution in [3.63, 3.8) is 0 Å². The maximum Gasteiger partial charge on any atom is 0.573 e. The van der Waals surface area contributed by atoms with Crippen LogP contribution in [0, 0.1) is 5.92 Å². The predicted molar refractivity (Wildman–Crippen MR) is 99.7 cm³/mol. The Morgan fingerprint density at radius 2 is 1.83 bits per heavy atom. The topological polar surface area (TPSA) is 71.0 Å². The maximum absolute atomic E-state index is 13.3. The van der Waals surface area contributed by atoms with Gasteiger partial charge in [0.15, 0.2) is 5.92 Å². The van der Waals surface area contributed by atoms with Gasteiger partial charge in [0, 0.05) is 17.9 Å². The molecule has 0 spiro atoms. The molecule has 0 saturated carbocycles. The number of amides is 2. The Morgan fingerprint density at radius 3 is 2.37 bits per heavy atom. The third-order valence-corrected chi connectivity index (χ3v) is 4.91. The number of halogens is 5. The third kappa shape index (κ3) is 4.75. The number of carbonyl (C=O) groups is 2. The van der Waals surface area contributed by atoms with E-state index in [1.165, 1.54) is 24.4 Å². The van der Waals surface area contributed by atoms with Crippen molar-refractivity contribution in [2.24, 2.45) is 11.0 Å². The molecule has 0 bridgehead atoms. The first-order valence-corrected chi connectivity index (χ1v) is 9.26. The second-order valence-corrected chi connectivity index (χ2v) is 7.35. The van der Waals surface area contributed by atoms with Gasteiger partial charge in [-0.25, -0.2) is 8.78 Å². The molecule has 1 aliphatic heterocycles. The molecule has 1 aliphatic rings. The van der Waals surface area contributed by atoms with Gasteiger partial charge in [0.25, 0.3) is 11.8 Å². The number of ether oxygens (including phenoxy) is 1. The first kappa shape index (κ1) is 21.7. The molecule has 1 aromatic carbocycles. The van der Waals surface area contributed by atoms with E-state index in [0.29, 0.717) is 0 Å². The minimum absolute atomic E-state index is 0.133.